The molecule has 0 aromatic heterocycles. The van der Waals surface area contributed by atoms with Gasteiger partial charge in [-0.05, 0) is 12.8 Å². The van der Waals surface area contributed by atoms with E-state index in [1.807, 2.05) is 0 Å². The van der Waals surface area contributed by atoms with E-state index < -0.39 is 36.9 Å². The first-order chi connectivity index (χ1) is 27.0. The zero-order valence-corrected chi connectivity index (χ0v) is 37.2. The van der Waals surface area contributed by atoms with Gasteiger partial charge in [0, 0.05) is 0 Å². The first-order valence-electron chi connectivity index (χ1n) is 24.9. The van der Waals surface area contributed by atoms with Gasteiger partial charge < -0.3 is 25.7 Å². The van der Waals surface area contributed by atoms with E-state index >= 15 is 0 Å². The molecule has 1 amide bonds. The van der Waals surface area contributed by atoms with Gasteiger partial charge in [0.1, 0.15) is 12.2 Å². The van der Waals surface area contributed by atoms with Crippen molar-refractivity contribution >= 4 is 5.91 Å². The number of amides is 1. The van der Waals surface area contributed by atoms with Gasteiger partial charge in [0.25, 0.3) is 0 Å². The number of aliphatic hydroxyl groups is 4. The van der Waals surface area contributed by atoms with Gasteiger partial charge in [-0.25, -0.2) is 0 Å². The quantitative estimate of drug-likeness (QED) is 0.0395. The molecule has 0 saturated heterocycles. The van der Waals surface area contributed by atoms with Crippen LogP contribution in [-0.2, 0) is 4.79 Å². The van der Waals surface area contributed by atoms with Crippen LogP contribution in [0.25, 0.3) is 0 Å². The lowest BCUT2D eigenvalue weighted by molar-refractivity contribution is -0.132. The van der Waals surface area contributed by atoms with Gasteiger partial charge in [-0.2, -0.15) is 0 Å². The van der Waals surface area contributed by atoms with Crippen molar-refractivity contribution in [2.24, 2.45) is 0 Å². The van der Waals surface area contributed by atoms with E-state index in [2.05, 4.69) is 19.2 Å². The molecule has 0 spiro atoms. The van der Waals surface area contributed by atoms with Crippen LogP contribution in [0.4, 0.5) is 0 Å². The Balaban J connectivity index is 3.57. The maximum atomic E-state index is 12.5. The fourth-order valence-corrected chi connectivity index (χ4v) is 8.11. The summed E-state index contributed by atoms with van der Waals surface area (Å²) < 4.78 is 0. The van der Waals surface area contributed by atoms with E-state index in [-0.39, 0.29) is 0 Å². The van der Waals surface area contributed by atoms with Crippen LogP contribution in [0, 0.1) is 0 Å². The predicted molar refractivity (Wildman–Crippen MR) is 238 cm³/mol. The van der Waals surface area contributed by atoms with E-state index in [1.165, 1.54) is 212 Å². The molecule has 0 fully saturated rings. The van der Waals surface area contributed by atoms with Gasteiger partial charge in [0.2, 0.25) is 5.91 Å². The summed E-state index contributed by atoms with van der Waals surface area (Å²) >= 11 is 0. The van der Waals surface area contributed by atoms with Crippen LogP contribution in [0.1, 0.15) is 277 Å². The van der Waals surface area contributed by atoms with Crippen LogP contribution in [0.5, 0.6) is 0 Å². The van der Waals surface area contributed by atoms with Crippen LogP contribution >= 0.6 is 0 Å². The molecular formula is C49H99NO5. The second-order valence-corrected chi connectivity index (χ2v) is 17.5. The summed E-state index contributed by atoms with van der Waals surface area (Å²) in [6.45, 7) is 4.07. The Morgan fingerprint density at radius 3 is 0.873 bits per heavy atom. The van der Waals surface area contributed by atoms with Crippen molar-refractivity contribution in [3.63, 3.8) is 0 Å². The zero-order valence-electron chi connectivity index (χ0n) is 37.2. The third kappa shape index (κ3) is 38.6. The molecule has 6 heteroatoms. The number of nitrogens with one attached hydrogen (secondary N) is 1. The van der Waals surface area contributed by atoms with E-state index in [9.17, 15) is 25.2 Å². The smallest absolute Gasteiger partial charge is 0.249 e. The lowest BCUT2D eigenvalue weighted by Crippen LogP contribution is -2.53. The van der Waals surface area contributed by atoms with Crippen molar-refractivity contribution in [3.05, 3.63) is 0 Å². The maximum Gasteiger partial charge on any atom is 0.249 e. The van der Waals surface area contributed by atoms with Crippen molar-refractivity contribution in [2.45, 2.75) is 301 Å². The summed E-state index contributed by atoms with van der Waals surface area (Å²) in [5, 5.41) is 43.8. The Labute approximate surface area is 343 Å². The number of hydrogen-bond donors (Lipinski definition) is 5. The molecule has 0 aliphatic carbocycles. The van der Waals surface area contributed by atoms with Crippen molar-refractivity contribution in [1.82, 2.24) is 5.32 Å². The number of unbranched alkanes of at least 4 members (excludes halogenated alkanes) is 37. The number of carbonyl (C=O) groups is 1. The average molecular weight is 782 g/mol. The molecule has 0 bridgehead atoms. The van der Waals surface area contributed by atoms with Gasteiger partial charge in [-0.3, -0.25) is 4.79 Å². The van der Waals surface area contributed by atoms with E-state index in [4.69, 9.17) is 0 Å². The number of rotatable bonds is 46. The van der Waals surface area contributed by atoms with Crippen molar-refractivity contribution in [3.8, 4) is 0 Å². The Bertz CT molecular complexity index is 751. The summed E-state index contributed by atoms with van der Waals surface area (Å²) in [6, 6.07) is -0.979. The second kappa shape index (κ2) is 44.4. The lowest BCUT2D eigenvalue weighted by Gasteiger charge is -2.27. The highest BCUT2D eigenvalue weighted by Gasteiger charge is 2.28. The van der Waals surface area contributed by atoms with Crippen molar-refractivity contribution < 1.29 is 25.2 Å². The lowest BCUT2D eigenvalue weighted by atomic mass is 9.99. The fraction of sp³-hybridized carbons (Fsp3) is 0.980. The topological polar surface area (TPSA) is 110 Å². The van der Waals surface area contributed by atoms with Gasteiger partial charge in [0.05, 0.1) is 18.8 Å². The molecule has 6 nitrogen and oxygen atoms in total. The Kier molecular flexibility index (Phi) is 43.9. The fourth-order valence-electron chi connectivity index (χ4n) is 8.11. The molecule has 4 atom stereocenters. The van der Waals surface area contributed by atoms with Crippen LogP contribution < -0.4 is 5.32 Å². The summed E-state index contributed by atoms with van der Waals surface area (Å²) in [4.78, 5) is 12.5. The molecule has 330 valence electrons. The van der Waals surface area contributed by atoms with Gasteiger partial charge >= 0.3 is 0 Å². The number of aliphatic hydroxyl groups excluding tert-OH is 4. The molecule has 0 rings (SSSR count). The molecule has 0 aliphatic heterocycles. The average Bonchev–Trinajstić information content (AvgIpc) is 3.19. The van der Waals surface area contributed by atoms with Crippen LogP contribution in [0.15, 0.2) is 0 Å². The Hall–Kier alpha value is -0.690. The SMILES string of the molecule is CCCCCCCCCCCCCCCCCCCCCCCCCCCCCC(O)C(O)C(CO)NC(=O)C(O)CCCCCCCCCCCCCC. The van der Waals surface area contributed by atoms with E-state index in [0.29, 0.717) is 12.8 Å². The molecule has 0 aromatic carbocycles. The summed E-state index contributed by atoms with van der Waals surface area (Å²) in [5.74, 6) is -0.580. The van der Waals surface area contributed by atoms with Crippen molar-refractivity contribution in [1.29, 1.82) is 0 Å². The van der Waals surface area contributed by atoms with Crippen molar-refractivity contribution in [2.75, 3.05) is 6.61 Å². The monoisotopic (exact) mass is 782 g/mol. The van der Waals surface area contributed by atoms with Crippen LogP contribution in [-0.4, -0.2) is 57.3 Å². The molecule has 0 saturated carbocycles. The highest BCUT2D eigenvalue weighted by atomic mass is 16.3. The molecule has 0 aromatic rings. The molecular weight excluding hydrogens is 683 g/mol. The first kappa shape index (κ1) is 54.3. The summed E-state index contributed by atoms with van der Waals surface area (Å²) in [5.41, 5.74) is 0. The van der Waals surface area contributed by atoms with Gasteiger partial charge in [0.15, 0.2) is 0 Å². The van der Waals surface area contributed by atoms with E-state index in [0.717, 1.165) is 38.5 Å². The summed E-state index contributed by atoms with van der Waals surface area (Å²) in [7, 11) is 0. The second-order valence-electron chi connectivity index (χ2n) is 17.5. The number of carbonyl (C=O) groups excluding carboxylic acids is 1. The predicted octanol–water partition coefficient (Wildman–Crippen LogP) is 13.6. The summed E-state index contributed by atoms with van der Waals surface area (Å²) in [6.07, 6.45) is 48.7. The van der Waals surface area contributed by atoms with E-state index in [1.54, 1.807) is 0 Å². The molecule has 4 unspecified atom stereocenters. The molecule has 0 radical (unpaired) electrons. The van der Waals surface area contributed by atoms with Crippen LogP contribution in [0.2, 0.25) is 0 Å². The molecule has 55 heavy (non-hydrogen) atoms. The normalized spacial score (nSPS) is 13.9. The van der Waals surface area contributed by atoms with Crippen LogP contribution in [0.3, 0.4) is 0 Å². The molecule has 5 N–H and O–H groups in total. The minimum Gasteiger partial charge on any atom is -0.394 e. The molecule has 0 heterocycles. The third-order valence-corrected chi connectivity index (χ3v) is 12.1. The molecule has 0 aliphatic rings. The Morgan fingerprint density at radius 2 is 0.618 bits per heavy atom. The third-order valence-electron chi connectivity index (χ3n) is 12.1. The maximum absolute atomic E-state index is 12.5. The number of hydrogen-bond acceptors (Lipinski definition) is 5. The highest BCUT2D eigenvalue weighted by Crippen LogP contribution is 2.18. The highest BCUT2D eigenvalue weighted by molar-refractivity contribution is 5.80. The minimum atomic E-state index is -1.25. The minimum absolute atomic E-state index is 0.375. The van der Waals surface area contributed by atoms with Gasteiger partial charge in [-0.1, -0.05) is 264 Å². The largest absolute Gasteiger partial charge is 0.394 e. The zero-order chi connectivity index (χ0) is 40.3. The van der Waals surface area contributed by atoms with Gasteiger partial charge in [-0.15, -0.1) is 0 Å². The first-order valence-corrected chi connectivity index (χ1v) is 24.9. The standard InChI is InChI=1S/C49H99NO5/c1-3-5-7-9-11-13-15-17-18-19-20-21-22-23-24-25-26-27-28-29-30-31-33-34-36-38-40-42-46(52)48(54)45(44-51)50-49(55)47(53)43-41-39-37-35-32-16-14-12-10-8-6-4-2/h45-48,51-54H,3-44H2,1-2H3,(H,50,55). The Morgan fingerprint density at radius 1 is 0.382 bits per heavy atom.